The molecule has 1 rings (SSSR count). The van der Waals surface area contributed by atoms with Gasteiger partial charge in [-0.15, -0.1) is 0 Å². The predicted octanol–water partition coefficient (Wildman–Crippen LogP) is 0.656. The number of carbonyl (C=O) groups is 1. The standard InChI is InChI=1S/C10H17N3O.H2O/c1-3-4-5-6-13-7-12-9(8(13)2)10(11)14;/h7H,3-6H2,1-2H3,(H2,11,14);1H2. The summed E-state index contributed by atoms with van der Waals surface area (Å²) in [5.74, 6) is -0.447. The maximum absolute atomic E-state index is 10.9. The molecule has 0 atom stereocenters. The van der Waals surface area contributed by atoms with Crippen LogP contribution in [0.15, 0.2) is 6.33 Å². The van der Waals surface area contributed by atoms with Gasteiger partial charge in [0.1, 0.15) is 5.69 Å². The van der Waals surface area contributed by atoms with Gasteiger partial charge in [-0.25, -0.2) is 4.98 Å². The molecule has 0 aliphatic carbocycles. The van der Waals surface area contributed by atoms with Crippen molar-refractivity contribution >= 4 is 5.91 Å². The molecule has 15 heavy (non-hydrogen) atoms. The quantitative estimate of drug-likeness (QED) is 0.727. The van der Waals surface area contributed by atoms with E-state index in [-0.39, 0.29) is 5.48 Å². The number of hydrogen-bond acceptors (Lipinski definition) is 2. The number of amides is 1. The number of primary amides is 1. The van der Waals surface area contributed by atoms with E-state index in [2.05, 4.69) is 11.9 Å². The Morgan fingerprint density at radius 2 is 2.20 bits per heavy atom. The first-order chi connectivity index (χ1) is 6.66. The molecular weight excluding hydrogens is 194 g/mol. The van der Waals surface area contributed by atoms with Crippen molar-refractivity contribution in [3.8, 4) is 0 Å². The van der Waals surface area contributed by atoms with Crippen LogP contribution in [0.5, 0.6) is 0 Å². The van der Waals surface area contributed by atoms with E-state index in [4.69, 9.17) is 5.73 Å². The lowest BCUT2D eigenvalue weighted by molar-refractivity contribution is 0.0995. The van der Waals surface area contributed by atoms with Crippen LogP contribution in [0.3, 0.4) is 0 Å². The molecule has 0 aliphatic rings. The van der Waals surface area contributed by atoms with Crippen molar-refractivity contribution in [2.45, 2.75) is 39.7 Å². The molecule has 0 spiro atoms. The van der Waals surface area contributed by atoms with Gasteiger partial charge in [-0.1, -0.05) is 19.8 Å². The number of unbranched alkanes of at least 4 members (excludes halogenated alkanes) is 2. The molecule has 0 fully saturated rings. The van der Waals surface area contributed by atoms with Crippen molar-refractivity contribution in [2.24, 2.45) is 5.73 Å². The van der Waals surface area contributed by atoms with E-state index in [1.54, 1.807) is 6.33 Å². The molecule has 1 aromatic heterocycles. The molecule has 5 nitrogen and oxygen atoms in total. The molecule has 5 heteroatoms. The van der Waals surface area contributed by atoms with Crippen molar-refractivity contribution < 1.29 is 10.3 Å². The van der Waals surface area contributed by atoms with Crippen LogP contribution in [0.1, 0.15) is 42.4 Å². The first kappa shape index (κ1) is 13.6. The number of rotatable bonds is 5. The molecule has 0 radical (unpaired) electrons. The molecule has 0 aliphatic heterocycles. The van der Waals surface area contributed by atoms with Gasteiger partial charge in [-0.2, -0.15) is 0 Å². The van der Waals surface area contributed by atoms with Crippen LogP contribution in [0.25, 0.3) is 0 Å². The summed E-state index contributed by atoms with van der Waals surface area (Å²) in [6, 6.07) is 0. The zero-order chi connectivity index (χ0) is 10.6. The summed E-state index contributed by atoms with van der Waals surface area (Å²) < 4.78 is 1.98. The van der Waals surface area contributed by atoms with Gasteiger partial charge in [0.15, 0.2) is 0 Å². The molecule has 1 heterocycles. The Morgan fingerprint density at radius 3 is 2.67 bits per heavy atom. The highest BCUT2D eigenvalue weighted by molar-refractivity contribution is 5.91. The van der Waals surface area contributed by atoms with Gasteiger partial charge in [-0.05, 0) is 13.3 Å². The Bertz CT molecular complexity index is 320. The molecule has 1 amide bonds. The maximum Gasteiger partial charge on any atom is 0.269 e. The second kappa shape index (κ2) is 6.19. The van der Waals surface area contributed by atoms with Crippen molar-refractivity contribution in [1.82, 2.24) is 9.55 Å². The Labute approximate surface area is 89.6 Å². The summed E-state index contributed by atoms with van der Waals surface area (Å²) >= 11 is 0. The smallest absolute Gasteiger partial charge is 0.269 e. The Kier molecular flexibility index (Phi) is 5.62. The van der Waals surface area contributed by atoms with Crippen molar-refractivity contribution in [1.29, 1.82) is 0 Å². The lowest BCUT2D eigenvalue weighted by atomic mass is 10.2. The van der Waals surface area contributed by atoms with Crippen molar-refractivity contribution in [3.63, 3.8) is 0 Å². The average Bonchev–Trinajstić information content (AvgIpc) is 2.48. The third kappa shape index (κ3) is 3.36. The van der Waals surface area contributed by atoms with Crippen LogP contribution < -0.4 is 5.73 Å². The molecule has 0 bridgehead atoms. The molecule has 0 saturated carbocycles. The largest absolute Gasteiger partial charge is 0.412 e. The van der Waals surface area contributed by atoms with Crippen LogP contribution in [-0.4, -0.2) is 20.9 Å². The summed E-state index contributed by atoms with van der Waals surface area (Å²) in [4.78, 5) is 14.9. The Balaban J connectivity index is 0.00000196. The minimum absolute atomic E-state index is 0. The molecular formula is C10H19N3O2. The topological polar surface area (TPSA) is 92.4 Å². The van der Waals surface area contributed by atoms with Crippen LogP contribution in [0.2, 0.25) is 0 Å². The zero-order valence-electron chi connectivity index (χ0n) is 9.29. The fraction of sp³-hybridized carbons (Fsp3) is 0.600. The molecule has 1 aromatic rings. The summed E-state index contributed by atoms with van der Waals surface area (Å²) in [6.07, 6.45) is 5.19. The van der Waals surface area contributed by atoms with Gasteiger partial charge in [0.2, 0.25) is 0 Å². The molecule has 0 saturated heterocycles. The highest BCUT2D eigenvalue weighted by Gasteiger charge is 2.10. The molecule has 0 unspecified atom stereocenters. The second-order valence-electron chi connectivity index (χ2n) is 3.44. The number of nitrogens with two attached hydrogens (primary N) is 1. The summed E-state index contributed by atoms with van der Waals surface area (Å²) in [6.45, 7) is 4.95. The van der Waals surface area contributed by atoms with Crippen LogP contribution in [0, 0.1) is 6.92 Å². The summed E-state index contributed by atoms with van der Waals surface area (Å²) in [5.41, 5.74) is 6.43. The summed E-state index contributed by atoms with van der Waals surface area (Å²) in [5, 5.41) is 0. The lowest BCUT2D eigenvalue weighted by Gasteiger charge is -2.03. The van der Waals surface area contributed by atoms with E-state index in [0.29, 0.717) is 5.69 Å². The fourth-order valence-electron chi connectivity index (χ4n) is 1.44. The minimum atomic E-state index is -0.447. The lowest BCUT2D eigenvalue weighted by Crippen LogP contribution is -2.13. The zero-order valence-corrected chi connectivity index (χ0v) is 9.29. The third-order valence-corrected chi connectivity index (χ3v) is 2.34. The van der Waals surface area contributed by atoms with E-state index < -0.39 is 5.91 Å². The maximum atomic E-state index is 10.9. The van der Waals surface area contributed by atoms with Gasteiger partial charge in [0.05, 0.1) is 6.33 Å². The first-order valence-corrected chi connectivity index (χ1v) is 4.98. The van der Waals surface area contributed by atoms with E-state index in [1.807, 2.05) is 11.5 Å². The number of imidazole rings is 1. The first-order valence-electron chi connectivity index (χ1n) is 4.98. The summed E-state index contributed by atoms with van der Waals surface area (Å²) in [7, 11) is 0. The number of nitrogens with zero attached hydrogens (tertiary/aromatic N) is 2. The number of aryl methyl sites for hydroxylation is 1. The van der Waals surface area contributed by atoms with Crippen molar-refractivity contribution in [2.75, 3.05) is 0 Å². The highest BCUT2D eigenvalue weighted by Crippen LogP contribution is 2.07. The number of aromatic nitrogens is 2. The monoisotopic (exact) mass is 213 g/mol. The van der Waals surface area contributed by atoms with E-state index in [1.165, 1.54) is 12.8 Å². The van der Waals surface area contributed by atoms with Gasteiger partial charge in [0.25, 0.3) is 5.91 Å². The molecule has 86 valence electrons. The molecule has 0 aromatic carbocycles. The van der Waals surface area contributed by atoms with E-state index in [9.17, 15) is 4.79 Å². The van der Waals surface area contributed by atoms with Crippen LogP contribution >= 0.6 is 0 Å². The normalized spacial score (nSPS) is 9.73. The van der Waals surface area contributed by atoms with E-state index >= 15 is 0 Å². The second-order valence-corrected chi connectivity index (χ2v) is 3.44. The van der Waals surface area contributed by atoms with Gasteiger partial charge in [0, 0.05) is 12.2 Å². The SMILES string of the molecule is CCCCCn1cnc(C(N)=O)c1C.O. The number of hydrogen-bond donors (Lipinski definition) is 1. The predicted molar refractivity (Wildman–Crippen MR) is 58.6 cm³/mol. The fourth-order valence-corrected chi connectivity index (χ4v) is 1.44. The van der Waals surface area contributed by atoms with Crippen LogP contribution in [0.4, 0.5) is 0 Å². The average molecular weight is 213 g/mol. The van der Waals surface area contributed by atoms with Gasteiger partial charge < -0.3 is 15.8 Å². The minimum Gasteiger partial charge on any atom is -0.412 e. The molecule has 4 N–H and O–H groups in total. The van der Waals surface area contributed by atoms with E-state index in [0.717, 1.165) is 18.7 Å². The van der Waals surface area contributed by atoms with Gasteiger partial charge in [-0.3, -0.25) is 4.79 Å². The van der Waals surface area contributed by atoms with Gasteiger partial charge >= 0.3 is 0 Å². The Morgan fingerprint density at radius 1 is 1.53 bits per heavy atom. The highest BCUT2D eigenvalue weighted by atomic mass is 16.1. The van der Waals surface area contributed by atoms with Crippen LogP contribution in [-0.2, 0) is 6.54 Å². The third-order valence-electron chi connectivity index (χ3n) is 2.34. The van der Waals surface area contributed by atoms with Crippen molar-refractivity contribution in [3.05, 3.63) is 17.7 Å². The number of carbonyl (C=O) groups excluding carboxylic acids is 1. The Hall–Kier alpha value is -1.36.